The molecule has 0 aliphatic carbocycles. The van der Waals surface area contributed by atoms with E-state index in [1.54, 1.807) is 0 Å². The number of rotatable bonds is 1. The molecule has 2 rings (SSSR count). The van der Waals surface area contributed by atoms with Crippen LogP contribution in [0, 0.1) is 6.92 Å². The zero-order chi connectivity index (χ0) is 9.42. The van der Waals surface area contributed by atoms with Crippen LogP contribution in [-0.2, 0) is 7.05 Å². The second kappa shape index (κ2) is 2.85. The number of nitrogens with zero attached hydrogens (tertiary/aromatic N) is 3. The fourth-order valence-corrected chi connectivity index (χ4v) is 1.78. The van der Waals surface area contributed by atoms with Crippen molar-refractivity contribution in [1.29, 1.82) is 0 Å². The zero-order valence-corrected chi connectivity index (χ0v) is 8.30. The smallest absolute Gasteiger partial charge is 0.166 e. The van der Waals surface area contributed by atoms with Gasteiger partial charge >= 0.3 is 0 Å². The monoisotopic (exact) mass is 194 g/mol. The van der Waals surface area contributed by atoms with Crippen molar-refractivity contribution in [1.82, 2.24) is 14.8 Å². The Kier molecular flexibility index (Phi) is 1.81. The lowest BCUT2D eigenvalue weighted by atomic mass is 10.3. The number of anilines is 1. The van der Waals surface area contributed by atoms with Crippen LogP contribution < -0.4 is 5.73 Å². The molecule has 0 amide bonds. The van der Waals surface area contributed by atoms with Crippen LogP contribution in [0.5, 0.6) is 0 Å². The van der Waals surface area contributed by atoms with E-state index in [0.717, 1.165) is 22.2 Å². The number of nitrogens with two attached hydrogens (primary N) is 1. The van der Waals surface area contributed by atoms with Crippen molar-refractivity contribution >= 4 is 16.3 Å². The van der Waals surface area contributed by atoms with E-state index in [0.29, 0.717) is 0 Å². The van der Waals surface area contributed by atoms with Gasteiger partial charge in [0, 0.05) is 7.05 Å². The van der Waals surface area contributed by atoms with E-state index in [1.807, 2.05) is 30.0 Å². The van der Waals surface area contributed by atoms with Crippen LogP contribution in [0.25, 0.3) is 11.4 Å². The first kappa shape index (κ1) is 8.25. The first-order valence-electron chi connectivity index (χ1n) is 3.89. The molecule has 2 heterocycles. The summed E-state index contributed by atoms with van der Waals surface area (Å²) in [5, 5.41) is 10.8. The molecule has 2 N–H and O–H groups in total. The molecule has 0 aliphatic rings. The number of hydrogen-bond acceptors (Lipinski definition) is 4. The maximum Gasteiger partial charge on any atom is 0.166 e. The molecule has 0 spiro atoms. The maximum absolute atomic E-state index is 5.79. The molecule has 0 atom stereocenters. The summed E-state index contributed by atoms with van der Waals surface area (Å²) >= 11 is 1.51. The van der Waals surface area contributed by atoms with Crippen molar-refractivity contribution < 1.29 is 0 Å². The van der Waals surface area contributed by atoms with Gasteiger partial charge in [-0.3, -0.25) is 0 Å². The van der Waals surface area contributed by atoms with Gasteiger partial charge in [0.05, 0.1) is 10.6 Å². The Hall–Kier alpha value is -1.36. The molecular formula is C8H10N4S. The van der Waals surface area contributed by atoms with Crippen LogP contribution in [0.2, 0.25) is 0 Å². The topological polar surface area (TPSA) is 56.7 Å². The van der Waals surface area contributed by atoms with Gasteiger partial charge in [0.2, 0.25) is 0 Å². The first-order valence-corrected chi connectivity index (χ1v) is 4.77. The number of hydrogen-bond donors (Lipinski definition) is 1. The zero-order valence-electron chi connectivity index (χ0n) is 7.48. The van der Waals surface area contributed by atoms with Gasteiger partial charge in [-0.1, -0.05) is 0 Å². The van der Waals surface area contributed by atoms with E-state index in [2.05, 4.69) is 10.2 Å². The molecule has 0 aliphatic heterocycles. The van der Waals surface area contributed by atoms with E-state index in [1.165, 1.54) is 11.3 Å². The van der Waals surface area contributed by atoms with E-state index >= 15 is 0 Å². The van der Waals surface area contributed by atoms with E-state index < -0.39 is 0 Å². The SMILES string of the molecule is Cc1nnc(-c2ccsc2N)n1C. The van der Waals surface area contributed by atoms with Crippen molar-refractivity contribution in [2.75, 3.05) is 5.73 Å². The number of aryl methyl sites for hydroxylation is 1. The summed E-state index contributed by atoms with van der Waals surface area (Å²) in [6, 6.07) is 1.96. The molecule has 0 saturated heterocycles. The van der Waals surface area contributed by atoms with Gasteiger partial charge in [-0.25, -0.2) is 0 Å². The summed E-state index contributed by atoms with van der Waals surface area (Å²) in [5.74, 6) is 1.72. The average Bonchev–Trinajstić information content (AvgIpc) is 2.62. The number of thiophene rings is 1. The standard InChI is InChI=1S/C8H10N4S/c1-5-10-11-8(12(5)2)6-3-4-13-7(6)9/h3-4H,9H2,1-2H3. The van der Waals surface area contributed by atoms with Crippen molar-refractivity contribution in [3.63, 3.8) is 0 Å². The Morgan fingerprint density at radius 1 is 1.46 bits per heavy atom. The highest BCUT2D eigenvalue weighted by Gasteiger charge is 2.10. The van der Waals surface area contributed by atoms with Crippen LogP contribution in [0.15, 0.2) is 11.4 Å². The lowest BCUT2D eigenvalue weighted by Crippen LogP contribution is -1.95. The predicted molar refractivity (Wildman–Crippen MR) is 53.5 cm³/mol. The van der Waals surface area contributed by atoms with Crippen LogP contribution >= 0.6 is 11.3 Å². The largest absolute Gasteiger partial charge is 0.390 e. The van der Waals surface area contributed by atoms with Gasteiger partial charge in [-0.05, 0) is 18.4 Å². The molecule has 0 bridgehead atoms. The van der Waals surface area contributed by atoms with Crippen molar-refractivity contribution in [2.45, 2.75) is 6.92 Å². The number of aromatic nitrogens is 3. The fourth-order valence-electron chi connectivity index (χ4n) is 1.15. The highest BCUT2D eigenvalue weighted by Crippen LogP contribution is 2.28. The molecule has 0 fully saturated rings. The second-order valence-corrected chi connectivity index (χ2v) is 3.78. The number of nitrogen functional groups attached to an aromatic ring is 1. The minimum Gasteiger partial charge on any atom is -0.390 e. The van der Waals surface area contributed by atoms with Crippen molar-refractivity contribution in [3.05, 3.63) is 17.3 Å². The summed E-state index contributed by atoms with van der Waals surface area (Å²) in [6.45, 7) is 1.92. The molecule has 0 unspecified atom stereocenters. The highest BCUT2D eigenvalue weighted by molar-refractivity contribution is 7.14. The van der Waals surface area contributed by atoms with Gasteiger partial charge in [0.25, 0.3) is 0 Å². The average molecular weight is 194 g/mol. The third kappa shape index (κ3) is 1.21. The molecule has 2 aromatic rings. The Morgan fingerprint density at radius 3 is 2.69 bits per heavy atom. The Balaban J connectivity index is 2.59. The normalized spacial score (nSPS) is 10.6. The molecule has 0 aromatic carbocycles. The summed E-state index contributed by atoms with van der Waals surface area (Å²) in [5.41, 5.74) is 6.75. The van der Waals surface area contributed by atoms with Crippen LogP contribution in [0.1, 0.15) is 5.82 Å². The Bertz CT molecular complexity index is 429. The summed E-state index contributed by atoms with van der Waals surface area (Å²) in [4.78, 5) is 0. The Labute approximate surface area is 80.0 Å². The van der Waals surface area contributed by atoms with Gasteiger partial charge < -0.3 is 10.3 Å². The van der Waals surface area contributed by atoms with Crippen LogP contribution in [-0.4, -0.2) is 14.8 Å². The molecule has 0 radical (unpaired) electrons. The minimum absolute atomic E-state index is 0.788. The van der Waals surface area contributed by atoms with E-state index in [4.69, 9.17) is 5.73 Å². The lowest BCUT2D eigenvalue weighted by Gasteiger charge is -1.99. The molecule has 68 valence electrons. The highest BCUT2D eigenvalue weighted by atomic mass is 32.1. The molecule has 2 aromatic heterocycles. The van der Waals surface area contributed by atoms with Gasteiger partial charge in [-0.2, -0.15) is 0 Å². The maximum atomic E-state index is 5.79. The van der Waals surface area contributed by atoms with E-state index in [9.17, 15) is 0 Å². The van der Waals surface area contributed by atoms with Crippen molar-refractivity contribution in [2.24, 2.45) is 7.05 Å². The summed E-state index contributed by atoms with van der Waals surface area (Å²) < 4.78 is 1.93. The van der Waals surface area contributed by atoms with Gasteiger partial charge in [0.1, 0.15) is 5.82 Å². The van der Waals surface area contributed by atoms with E-state index in [-0.39, 0.29) is 0 Å². The van der Waals surface area contributed by atoms with Crippen molar-refractivity contribution in [3.8, 4) is 11.4 Å². The fraction of sp³-hybridized carbons (Fsp3) is 0.250. The minimum atomic E-state index is 0.788. The third-order valence-corrected chi connectivity index (χ3v) is 2.77. The molecule has 0 saturated carbocycles. The molecular weight excluding hydrogens is 184 g/mol. The third-order valence-electron chi connectivity index (χ3n) is 2.03. The molecule has 4 nitrogen and oxygen atoms in total. The van der Waals surface area contributed by atoms with Gasteiger partial charge in [-0.15, -0.1) is 21.5 Å². The van der Waals surface area contributed by atoms with Crippen LogP contribution in [0.4, 0.5) is 5.00 Å². The first-order chi connectivity index (χ1) is 6.20. The molecule has 5 heteroatoms. The predicted octanol–water partition coefficient (Wildman–Crippen LogP) is 1.43. The Morgan fingerprint density at radius 2 is 2.23 bits per heavy atom. The van der Waals surface area contributed by atoms with Gasteiger partial charge in [0.15, 0.2) is 5.82 Å². The quantitative estimate of drug-likeness (QED) is 0.747. The second-order valence-electron chi connectivity index (χ2n) is 2.83. The summed E-state index contributed by atoms with van der Waals surface area (Å²) in [7, 11) is 1.93. The molecule has 13 heavy (non-hydrogen) atoms. The summed E-state index contributed by atoms with van der Waals surface area (Å²) in [6.07, 6.45) is 0. The lowest BCUT2D eigenvalue weighted by molar-refractivity contribution is 0.865. The van der Waals surface area contributed by atoms with Crippen LogP contribution in [0.3, 0.4) is 0 Å².